The Bertz CT molecular complexity index is 623. The van der Waals surface area contributed by atoms with Crippen LogP contribution in [-0.4, -0.2) is 38.2 Å². The minimum atomic E-state index is -1.11. The molecule has 1 amide bonds. The molecule has 0 aliphatic heterocycles. The molecule has 1 aromatic rings. The van der Waals surface area contributed by atoms with Gasteiger partial charge in [-0.1, -0.05) is 6.92 Å². The molecule has 1 rings (SSSR count). The first-order valence-electron chi connectivity index (χ1n) is 7.00. The van der Waals surface area contributed by atoms with E-state index in [1.54, 1.807) is 26.0 Å². The summed E-state index contributed by atoms with van der Waals surface area (Å²) in [6, 6.07) is 6.60. The van der Waals surface area contributed by atoms with E-state index in [1.165, 1.54) is 20.3 Å². The molecular formula is C16H20N2O5. The van der Waals surface area contributed by atoms with Gasteiger partial charge in [-0.25, -0.2) is 4.79 Å². The first kappa shape index (κ1) is 18.3. The largest absolute Gasteiger partial charge is 0.493 e. The van der Waals surface area contributed by atoms with Crippen LogP contribution in [0, 0.1) is 11.3 Å². The highest BCUT2D eigenvalue weighted by molar-refractivity contribution is 5.88. The number of ether oxygens (including phenoxy) is 3. The Hall–Kier alpha value is -2.75. The van der Waals surface area contributed by atoms with Gasteiger partial charge in [-0.05, 0) is 25.5 Å². The van der Waals surface area contributed by atoms with Crippen LogP contribution >= 0.6 is 0 Å². The zero-order valence-corrected chi connectivity index (χ0v) is 13.6. The van der Waals surface area contributed by atoms with E-state index in [4.69, 9.17) is 14.7 Å². The molecule has 0 aliphatic rings. The second-order valence-corrected chi connectivity index (χ2v) is 4.99. The molecule has 1 aromatic carbocycles. The smallest absolute Gasteiger partial charge is 0.331 e. The number of rotatable bonds is 7. The van der Waals surface area contributed by atoms with Gasteiger partial charge in [0.2, 0.25) is 0 Å². The number of methoxy groups -OCH3 is 2. The van der Waals surface area contributed by atoms with Crippen LogP contribution in [0.3, 0.4) is 0 Å². The molecule has 1 atom stereocenters. The normalized spacial score (nSPS) is 12.5. The summed E-state index contributed by atoms with van der Waals surface area (Å²) in [4.78, 5) is 23.7. The van der Waals surface area contributed by atoms with Crippen LogP contribution < -0.4 is 14.8 Å². The maximum atomic E-state index is 12.0. The average molecular weight is 320 g/mol. The van der Waals surface area contributed by atoms with E-state index < -0.39 is 17.4 Å². The van der Waals surface area contributed by atoms with Gasteiger partial charge in [-0.3, -0.25) is 4.79 Å². The number of hydrogen-bond donors (Lipinski definition) is 1. The van der Waals surface area contributed by atoms with Gasteiger partial charge in [0.1, 0.15) is 5.54 Å². The summed E-state index contributed by atoms with van der Waals surface area (Å²) in [5.41, 5.74) is -0.688. The molecule has 0 saturated heterocycles. The average Bonchev–Trinajstić information content (AvgIpc) is 2.58. The predicted octanol–water partition coefficient (Wildman–Crippen LogP) is 1.40. The fraction of sp³-hybridized carbons (Fsp3) is 0.438. The third kappa shape index (κ3) is 4.61. The standard InChI is InChI=1S/C16H20N2O5/c1-5-16(2,15(20)22-4)18-14(19)10-23-12-7-6-11(9-17)8-13(12)21-3/h6-8H,5,10H2,1-4H3,(H,18,19)/t16-/m1/s1. The Kier molecular flexibility index (Phi) is 6.39. The molecule has 7 nitrogen and oxygen atoms in total. The lowest BCUT2D eigenvalue weighted by Gasteiger charge is -2.26. The number of esters is 1. The first-order valence-corrected chi connectivity index (χ1v) is 7.00. The Morgan fingerprint density at radius 3 is 2.52 bits per heavy atom. The van der Waals surface area contributed by atoms with Crippen molar-refractivity contribution in [3.05, 3.63) is 23.8 Å². The molecule has 0 radical (unpaired) electrons. The summed E-state index contributed by atoms with van der Waals surface area (Å²) in [5.74, 6) is -0.309. The van der Waals surface area contributed by atoms with Crippen LogP contribution in [0.1, 0.15) is 25.8 Å². The SMILES string of the molecule is CC[C@@](C)(NC(=O)COc1ccc(C#N)cc1OC)C(=O)OC. The molecule has 23 heavy (non-hydrogen) atoms. The summed E-state index contributed by atoms with van der Waals surface area (Å²) in [6.07, 6.45) is 0.381. The minimum Gasteiger partial charge on any atom is -0.493 e. The lowest BCUT2D eigenvalue weighted by molar-refractivity contribution is -0.150. The number of carbonyl (C=O) groups is 2. The maximum Gasteiger partial charge on any atom is 0.331 e. The number of hydrogen-bond acceptors (Lipinski definition) is 6. The van der Waals surface area contributed by atoms with Crippen molar-refractivity contribution in [2.75, 3.05) is 20.8 Å². The van der Waals surface area contributed by atoms with Crippen LogP contribution in [0.2, 0.25) is 0 Å². The van der Waals surface area contributed by atoms with Crippen molar-refractivity contribution in [1.29, 1.82) is 5.26 Å². The molecule has 0 unspecified atom stereocenters. The topological polar surface area (TPSA) is 97.6 Å². The van der Waals surface area contributed by atoms with Crippen molar-refractivity contribution in [3.63, 3.8) is 0 Å². The van der Waals surface area contributed by atoms with Crippen molar-refractivity contribution in [2.45, 2.75) is 25.8 Å². The molecule has 7 heteroatoms. The molecule has 124 valence electrons. The Labute approximate surface area is 135 Å². The van der Waals surface area contributed by atoms with Crippen LogP contribution in [0.15, 0.2) is 18.2 Å². The van der Waals surface area contributed by atoms with Gasteiger partial charge in [0.05, 0.1) is 25.9 Å². The van der Waals surface area contributed by atoms with Gasteiger partial charge in [-0.2, -0.15) is 5.26 Å². The molecule has 0 aromatic heterocycles. The maximum absolute atomic E-state index is 12.0. The molecule has 0 bridgehead atoms. The first-order chi connectivity index (χ1) is 10.9. The highest BCUT2D eigenvalue weighted by atomic mass is 16.5. The van der Waals surface area contributed by atoms with Crippen LogP contribution in [0.5, 0.6) is 11.5 Å². The zero-order valence-electron chi connectivity index (χ0n) is 13.6. The second-order valence-electron chi connectivity index (χ2n) is 4.99. The number of carbonyl (C=O) groups excluding carboxylic acids is 2. The van der Waals surface area contributed by atoms with Gasteiger partial charge in [0, 0.05) is 6.07 Å². The van der Waals surface area contributed by atoms with Gasteiger partial charge < -0.3 is 19.5 Å². The lowest BCUT2D eigenvalue weighted by atomic mass is 9.99. The Balaban J connectivity index is 2.73. The summed E-state index contributed by atoms with van der Waals surface area (Å²) >= 11 is 0. The van der Waals surface area contributed by atoms with E-state index in [0.717, 1.165) is 0 Å². The highest BCUT2D eigenvalue weighted by Gasteiger charge is 2.34. The van der Waals surface area contributed by atoms with Crippen LogP contribution in [0.25, 0.3) is 0 Å². The van der Waals surface area contributed by atoms with Gasteiger partial charge in [0.15, 0.2) is 18.1 Å². The second kappa shape index (κ2) is 8.03. The molecule has 0 spiro atoms. The van der Waals surface area contributed by atoms with E-state index >= 15 is 0 Å². The van der Waals surface area contributed by atoms with Crippen molar-refractivity contribution >= 4 is 11.9 Å². The summed E-state index contributed by atoms with van der Waals surface area (Å²) in [6.45, 7) is 3.05. The highest BCUT2D eigenvalue weighted by Crippen LogP contribution is 2.27. The van der Waals surface area contributed by atoms with Gasteiger partial charge in [-0.15, -0.1) is 0 Å². The lowest BCUT2D eigenvalue weighted by Crippen LogP contribution is -2.53. The van der Waals surface area contributed by atoms with Crippen molar-refractivity contribution < 1.29 is 23.8 Å². The van der Waals surface area contributed by atoms with Crippen molar-refractivity contribution in [3.8, 4) is 17.6 Å². The molecule has 1 N–H and O–H groups in total. The van der Waals surface area contributed by atoms with E-state index in [-0.39, 0.29) is 6.61 Å². The summed E-state index contributed by atoms with van der Waals surface area (Å²) in [5, 5.41) is 11.4. The Morgan fingerprint density at radius 2 is 2.00 bits per heavy atom. The van der Waals surface area contributed by atoms with Crippen molar-refractivity contribution in [2.24, 2.45) is 0 Å². The molecule has 0 heterocycles. The zero-order chi connectivity index (χ0) is 17.5. The van der Waals surface area contributed by atoms with Crippen LogP contribution in [0.4, 0.5) is 0 Å². The number of nitriles is 1. The number of nitrogens with zero attached hydrogens (tertiary/aromatic N) is 1. The molecule has 0 aliphatic carbocycles. The minimum absolute atomic E-state index is 0.297. The number of amides is 1. The van der Waals surface area contributed by atoms with E-state index in [2.05, 4.69) is 10.1 Å². The fourth-order valence-corrected chi connectivity index (χ4v) is 1.85. The van der Waals surface area contributed by atoms with E-state index in [9.17, 15) is 9.59 Å². The quantitative estimate of drug-likeness (QED) is 0.763. The van der Waals surface area contributed by atoms with Gasteiger partial charge >= 0.3 is 5.97 Å². The van der Waals surface area contributed by atoms with Crippen LogP contribution in [-0.2, 0) is 14.3 Å². The van der Waals surface area contributed by atoms with E-state index in [1.807, 2.05) is 6.07 Å². The third-order valence-electron chi connectivity index (χ3n) is 3.41. The monoisotopic (exact) mass is 320 g/mol. The molecule has 0 saturated carbocycles. The summed E-state index contributed by atoms with van der Waals surface area (Å²) in [7, 11) is 2.70. The summed E-state index contributed by atoms with van der Waals surface area (Å²) < 4.78 is 15.2. The molecule has 0 fully saturated rings. The van der Waals surface area contributed by atoms with Gasteiger partial charge in [0.25, 0.3) is 5.91 Å². The predicted molar refractivity (Wildman–Crippen MR) is 82.1 cm³/mol. The van der Waals surface area contributed by atoms with Crippen molar-refractivity contribution in [1.82, 2.24) is 5.32 Å². The van der Waals surface area contributed by atoms with E-state index in [0.29, 0.717) is 23.5 Å². The third-order valence-corrected chi connectivity index (χ3v) is 3.41. The number of nitrogens with one attached hydrogen (secondary N) is 1. The number of benzene rings is 1. The molecular weight excluding hydrogens is 300 g/mol. The fourth-order valence-electron chi connectivity index (χ4n) is 1.85. The Morgan fingerprint density at radius 1 is 1.30 bits per heavy atom.